The number of hydrogen-bond donors (Lipinski definition) is 2. The maximum absolute atomic E-state index is 12.9. The number of nitrogens with one attached hydrogen (secondary N) is 2. The zero-order valence-electron chi connectivity index (χ0n) is 15.3. The quantitative estimate of drug-likeness (QED) is 0.544. The lowest BCUT2D eigenvalue weighted by Crippen LogP contribution is -2.14. The van der Waals surface area contributed by atoms with Gasteiger partial charge in [-0.15, -0.1) is 0 Å². The Bertz CT molecular complexity index is 897. The van der Waals surface area contributed by atoms with Gasteiger partial charge in [0.1, 0.15) is 6.67 Å². The van der Waals surface area contributed by atoms with Crippen LogP contribution in [0.4, 0.5) is 21.7 Å². The number of benzene rings is 2. The highest BCUT2D eigenvalue weighted by Gasteiger charge is 2.10. The summed E-state index contributed by atoms with van der Waals surface area (Å²) in [5.41, 5.74) is 4.15. The van der Waals surface area contributed by atoms with E-state index in [1.807, 2.05) is 50.2 Å². The Hall–Kier alpha value is -2.66. The molecular formula is C21H22ClFN4. The minimum absolute atomic E-state index is 0.230. The number of alkyl halides is 1. The molecule has 2 aromatic carbocycles. The molecule has 0 aliphatic heterocycles. The van der Waals surface area contributed by atoms with Crippen molar-refractivity contribution in [2.75, 3.05) is 10.6 Å². The Morgan fingerprint density at radius 3 is 2.56 bits per heavy atom. The second kappa shape index (κ2) is 8.82. The molecule has 0 spiro atoms. The van der Waals surface area contributed by atoms with E-state index in [0.29, 0.717) is 23.0 Å². The summed E-state index contributed by atoms with van der Waals surface area (Å²) >= 11 is 5.99. The van der Waals surface area contributed by atoms with Crippen molar-refractivity contribution in [1.29, 1.82) is 0 Å². The Morgan fingerprint density at radius 1 is 1.07 bits per heavy atom. The Balaban J connectivity index is 1.91. The molecule has 0 radical (unpaired) electrons. The second-order valence-corrected chi connectivity index (χ2v) is 7.05. The van der Waals surface area contributed by atoms with Gasteiger partial charge in [-0.2, -0.15) is 0 Å². The highest BCUT2D eigenvalue weighted by molar-refractivity contribution is 6.30. The number of hydrogen-bond acceptors (Lipinski definition) is 4. The van der Waals surface area contributed by atoms with Gasteiger partial charge < -0.3 is 10.6 Å². The first kappa shape index (κ1) is 19.1. The minimum atomic E-state index is -0.499. The molecule has 140 valence electrons. The van der Waals surface area contributed by atoms with Crippen LogP contribution in [0.2, 0.25) is 5.02 Å². The van der Waals surface area contributed by atoms with E-state index in [9.17, 15) is 4.39 Å². The van der Waals surface area contributed by atoms with E-state index in [4.69, 9.17) is 11.6 Å². The Morgan fingerprint density at radius 2 is 1.85 bits per heavy atom. The van der Waals surface area contributed by atoms with Gasteiger partial charge >= 0.3 is 0 Å². The lowest BCUT2D eigenvalue weighted by Gasteiger charge is -2.15. The summed E-state index contributed by atoms with van der Waals surface area (Å²) in [6, 6.07) is 15.2. The van der Waals surface area contributed by atoms with Crippen molar-refractivity contribution in [3.8, 4) is 0 Å². The van der Waals surface area contributed by atoms with Crippen LogP contribution >= 0.6 is 11.6 Å². The van der Waals surface area contributed by atoms with Crippen LogP contribution < -0.4 is 10.6 Å². The van der Waals surface area contributed by atoms with Gasteiger partial charge in [0.2, 0.25) is 5.95 Å². The number of anilines is 3. The molecule has 0 fully saturated rings. The van der Waals surface area contributed by atoms with Gasteiger partial charge in [0, 0.05) is 23.2 Å². The zero-order valence-corrected chi connectivity index (χ0v) is 16.1. The molecule has 0 saturated carbocycles. The number of nitrogens with zero attached hydrogens (tertiary/aromatic N) is 2. The van der Waals surface area contributed by atoms with Crippen LogP contribution in [0.15, 0.2) is 54.7 Å². The summed E-state index contributed by atoms with van der Waals surface area (Å²) in [5.74, 6) is 0.581. The van der Waals surface area contributed by atoms with Crippen molar-refractivity contribution < 1.29 is 4.39 Å². The number of halogens is 2. The second-order valence-electron chi connectivity index (χ2n) is 6.62. The van der Waals surface area contributed by atoms with Crippen LogP contribution in [0.5, 0.6) is 0 Å². The highest BCUT2D eigenvalue weighted by atomic mass is 35.5. The monoisotopic (exact) mass is 384 g/mol. The zero-order chi connectivity index (χ0) is 19.2. The van der Waals surface area contributed by atoms with Crippen molar-refractivity contribution in [3.63, 3.8) is 0 Å². The van der Waals surface area contributed by atoms with Crippen molar-refractivity contribution >= 4 is 28.9 Å². The molecule has 0 unspecified atom stereocenters. The molecular weight excluding hydrogens is 363 g/mol. The average molecular weight is 385 g/mol. The molecule has 0 atom stereocenters. The van der Waals surface area contributed by atoms with E-state index in [-0.39, 0.29) is 6.04 Å². The van der Waals surface area contributed by atoms with Crippen LogP contribution in [0.25, 0.3) is 0 Å². The van der Waals surface area contributed by atoms with Crippen molar-refractivity contribution in [2.45, 2.75) is 33.0 Å². The summed E-state index contributed by atoms with van der Waals surface area (Å²) in [7, 11) is 0. The Labute approximate surface area is 163 Å². The molecule has 0 bridgehead atoms. The largest absolute Gasteiger partial charge is 0.353 e. The van der Waals surface area contributed by atoms with Crippen molar-refractivity contribution in [1.82, 2.24) is 9.97 Å². The van der Waals surface area contributed by atoms with Gasteiger partial charge in [0.05, 0.1) is 17.6 Å². The first-order chi connectivity index (χ1) is 13.0. The molecule has 0 saturated heterocycles. The smallest absolute Gasteiger partial charge is 0.223 e. The minimum Gasteiger partial charge on any atom is -0.353 e. The summed E-state index contributed by atoms with van der Waals surface area (Å²) in [6.45, 7) is 3.58. The topological polar surface area (TPSA) is 49.8 Å². The standard InChI is InChI=1S/C21H22ClFN4/c1-14(2)25-21-24-13-20(26-18-5-3-4-16(10-18)12-23)19(27-21)11-15-6-8-17(22)9-7-15/h3-10,13-14,26H,11-12H2,1-2H3,(H,24,25,27). The van der Waals surface area contributed by atoms with Gasteiger partial charge in [-0.3, -0.25) is 0 Å². The first-order valence-electron chi connectivity index (χ1n) is 8.82. The number of rotatable bonds is 7. The molecule has 3 aromatic rings. The van der Waals surface area contributed by atoms with Crippen LogP contribution in [-0.2, 0) is 13.1 Å². The van der Waals surface area contributed by atoms with Crippen LogP contribution in [0.3, 0.4) is 0 Å². The van der Waals surface area contributed by atoms with Crippen molar-refractivity contribution in [2.24, 2.45) is 0 Å². The molecule has 1 aromatic heterocycles. The fourth-order valence-corrected chi connectivity index (χ4v) is 2.79. The van der Waals surface area contributed by atoms with Gasteiger partial charge in [0.15, 0.2) is 0 Å². The normalized spacial score (nSPS) is 10.9. The third-order valence-electron chi connectivity index (χ3n) is 3.93. The lowest BCUT2D eigenvalue weighted by atomic mass is 10.1. The SMILES string of the molecule is CC(C)Nc1ncc(Nc2cccc(CF)c2)c(Cc2ccc(Cl)cc2)n1. The third-order valence-corrected chi connectivity index (χ3v) is 4.18. The molecule has 0 aliphatic carbocycles. The van der Waals surface area contributed by atoms with Gasteiger partial charge in [-0.25, -0.2) is 14.4 Å². The Kier molecular flexibility index (Phi) is 6.24. The van der Waals surface area contributed by atoms with Gasteiger partial charge in [0.25, 0.3) is 0 Å². The summed E-state index contributed by atoms with van der Waals surface area (Å²) < 4.78 is 12.9. The van der Waals surface area contributed by atoms with Crippen LogP contribution in [0, 0.1) is 0 Å². The van der Waals surface area contributed by atoms with Gasteiger partial charge in [-0.05, 0) is 49.2 Å². The van der Waals surface area contributed by atoms with E-state index in [1.54, 1.807) is 18.3 Å². The molecule has 4 nitrogen and oxygen atoms in total. The average Bonchev–Trinajstić information content (AvgIpc) is 2.65. The maximum atomic E-state index is 12.9. The summed E-state index contributed by atoms with van der Waals surface area (Å²) in [6.07, 6.45) is 2.38. The summed E-state index contributed by atoms with van der Waals surface area (Å²) in [5, 5.41) is 7.24. The molecule has 2 N–H and O–H groups in total. The van der Waals surface area contributed by atoms with Crippen LogP contribution in [-0.4, -0.2) is 16.0 Å². The first-order valence-corrected chi connectivity index (χ1v) is 9.20. The highest BCUT2D eigenvalue weighted by Crippen LogP contribution is 2.24. The fourth-order valence-electron chi connectivity index (χ4n) is 2.67. The van der Waals surface area contributed by atoms with E-state index < -0.39 is 6.67 Å². The molecule has 6 heteroatoms. The number of aromatic nitrogens is 2. The van der Waals surface area contributed by atoms with E-state index in [0.717, 1.165) is 22.6 Å². The third kappa shape index (κ3) is 5.41. The molecule has 1 heterocycles. The molecule has 27 heavy (non-hydrogen) atoms. The molecule has 3 rings (SSSR count). The van der Waals surface area contributed by atoms with E-state index in [2.05, 4.69) is 20.6 Å². The maximum Gasteiger partial charge on any atom is 0.223 e. The molecule has 0 amide bonds. The van der Waals surface area contributed by atoms with Gasteiger partial charge in [-0.1, -0.05) is 35.9 Å². The predicted molar refractivity (Wildman–Crippen MR) is 110 cm³/mol. The van der Waals surface area contributed by atoms with Crippen LogP contribution in [0.1, 0.15) is 30.7 Å². The summed E-state index contributed by atoms with van der Waals surface area (Å²) in [4.78, 5) is 9.07. The van der Waals surface area contributed by atoms with E-state index >= 15 is 0 Å². The lowest BCUT2D eigenvalue weighted by molar-refractivity contribution is 0.485. The predicted octanol–water partition coefficient (Wildman–Crippen LogP) is 5.75. The fraction of sp³-hybridized carbons (Fsp3) is 0.238. The molecule has 0 aliphatic rings. The van der Waals surface area contributed by atoms with Crippen molar-refractivity contribution in [3.05, 3.63) is 76.6 Å². The van der Waals surface area contributed by atoms with E-state index in [1.165, 1.54) is 0 Å².